The Labute approximate surface area is 127 Å². The topological polar surface area (TPSA) is 35.9 Å². The average Bonchev–Trinajstić information content (AvgIpc) is 3.02. The highest BCUT2D eigenvalue weighted by Crippen LogP contribution is 2.38. The summed E-state index contributed by atoms with van der Waals surface area (Å²) in [6.07, 6.45) is 0. The van der Waals surface area contributed by atoms with E-state index in [2.05, 4.69) is 9.89 Å². The standard InChI is InChI=1S/C14H14ClN3OS/c1-9-3-5-11(6-4-9)18(15)13(19)12-10(2)17-8-7-16-14(17)20-12/h3-6H,7-8H2,1-2H3. The maximum absolute atomic E-state index is 12.5. The number of anilines is 1. The van der Waals surface area contributed by atoms with E-state index in [1.54, 1.807) is 0 Å². The minimum atomic E-state index is -0.199. The van der Waals surface area contributed by atoms with Gasteiger partial charge >= 0.3 is 0 Å². The number of halogens is 1. The first-order valence-corrected chi connectivity index (χ1v) is 7.51. The van der Waals surface area contributed by atoms with E-state index in [1.807, 2.05) is 38.1 Å². The Bertz CT molecular complexity index is 624. The van der Waals surface area contributed by atoms with Crippen molar-refractivity contribution in [3.05, 3.63) is 40.4 Å². The number of benzene rings is 1. The van der Waals surface area contributed by atoms with Gasteiger partial charge in [0.05, 0.1) is 12.2 Å². The Morgan fingerprint density at radius 2 is 2.05 bits per heavy atom. The van der Waals surface area contributed by atoms with Gasteiger partial charge in [-0.3, -0.25) is 9.79 Å². The highest BCUT2D eigenvalue weighted by molar-refractivity contribution is 8.18. The van der Waals surface area contributed by atoms with Crippen LogP contribution in [-0.2, 0) is 4.79 Å². The van der Waals surface area contributed by atoms with Gasteiger partial charge in [0.15, 0.2) is 5.17 Å². The Balaban J connectivity index is 1.84. The number of nitrogens with zero attached hydrogens (tertiary/aromatic N) is 3. The lowest BCUT2D eigenvalue weighted by atomic mass is 10.2. The summed E-state index contributed by atoms with van der Waals surface area (Å²) < 4.78 is 1.17. The molecule has 0 spiro atoms. The van der Waals surface area contributed by atoms with E-state index in [4.69, 9.17) is 11.8 Å². The number of fused-ring (bicyclic) bond motifs is 1. The molecule has 0 fully saturated rings. The monoisotopic (exact) mass is 307 g/mol. The lowest BCUT2D eigenvalue weighted by molar-refractivity contribution is -0.113. The molecule has 4 nitrogen and oxygen atoms in total. The van der Waals surface area contributed by atoms with Crippen molar-refractivity contribution < 1.29 is 4.79 Å². The SMILES string of the molecule is CC1=C(C(=O)N(Cl)c2ccc(C)cc2)SC2=NCCN21. The normalized spacial score (nSPS) is 17.4. The van der Waals surface area contributed by atoms with Crippen molar-refractivity contribution in [3.8, 4) is 0 Å². The number of carbonyl (C=O) groups excluding carboxylic acids is 1. The zero-order valence-electron chi connectivity index (χ0n) is 11.3. The molecule has 0 radical (unpaired) electrons. The maximum Gasteiger partial charge on any atom is 0.281 e. The fraction of sp³-hybridized carbons (Fsp3) is 0.286. The molecule has 0 aromatic heterocycles. The summed E-state index contributed by atoms with van der Waals surface area (Å²) in [7, 11) is 0. The van der Waals surface area contributed by atoms with Gasteiger partial charge in [-0.25, -0.2) is 4.42 Å². The maximum atomic E-state index is 12.5. The summed E-state index contributed by atoms with van der Waals surface area (Å²) in [5, 5.41) is 0.903. The predicted octanol–water partition coefficient (Wildman–Crippen LogP) is 3.13. The summed E-state index contributed by atoms with van der Waals surface area (Å²) in [4.78, 5) is 19.6. The number of carbonyl (C=O) groups is 1. The highest BCUT2D eigenvalue weighted by Gasteiger charge is 2.35. The first kappa shape index (κ1) is 13.5. The second kappa shape index (κ2) is 5.14. The van der Waals surface area contributed by atoms with Crippen LogP contribution in [0.25, 0.3) is 0 Å². The molecule has 2 aliphatic rings. The van der Waals surface area contributed by atoms with Gasteiger partial charge in [-0.05, 0) is 37.7 Å². The van der Waals surface area contributed by atoms with E-state index in [9.17, 15) is 4.79 Å². The first-order chi connectivity index (χ1) is 9.58. The molecule has 3 rings (SSSR count). The molecule has 20 heavy (non-hydrogen) atoms. The van der Waals surface area contributed by atoms with Crippen LogP contribution in [0.2, 0.25) is 0 Å². The first-order valence-electron chi connectivity index (χ1n) is 6.35. The predicted molar refractivity (Wildman–Crippen MR) is 83.8 cm³/mol. The quantitative estimate of drug-likeness (QED) is 0.788. The van der Waals surface area contributed by atoms with Gasteiger partial charge in [0.2, 0.25) is 0 Å². The number of rotatable bonds is 2. The van der Waals surface area contributed by atoms with Crippen molar-refractivity contribution in [1.29, 1.82) is 0 Å². The van der Waals surface area contributed by atoms with Crippen LogP contribution in [0.3, 0.4) is 0 Å². The summed E-state index contributed by atoms with van der Waals surface area (Å²) in [5.41, 5.74) is 2.75. The number of hydrogen-bond donors (Lipinski definition) is 0. The van der Waals surface area contributed by atoms with Crippen molar-refractivity contribution in [3.63, 3.8) is 0 Å². The molecule has 0 atom stereocenters. The molecule has 104 valence electrons. The molecular formula is C14H14ClN3OS. The van der Waals surface area contributed by atoms with E-state index in [-0.39, 0.29) is 5.91 Å². The molecule has 0 unspecified atom stereocenters. The van der Waals surface area contributed by atoms with Crippen molar-refractivity contribution in [2.75, 3.05) is 17.5 Å². The van der Waals surface area contributed by atoms with Gasteiger partial charge in [-0.2, -0.15) is 0 Å². The molecule has 0 saturated carbocycles. The van der Waals surface area contributed by atoms with Gasteiger partial charge in [0, 0.05) is 24.0 Å². The Morgan fingerprint density at radius 3 is 2.70 bits per heavy atom. The lowest BCUT2D eigenvalue weighted by Crippen LogP contribution is -2.23. The molecule has 1 aromatic carbocycles. The van der Waals surface area contributed by atoms with Crippen LogP contribution in [0.1, 0.15) is 12.5 Å². The van der Waals surface area contributed by atoms with E-state index < -0.39 is 0 Å². The van der Waals surface area contributed by atoms with Gasteiger partial charge in [-0.15, -0.1) is 0 Å². The molecule has 0 N–H and O–H groups in total. The average molecular weight is 308 g/mol. The van der Waals surface area contributed by atoms with Gasteiger partial charge in [-0.1, -0.05) is 17.7 Å². The third-order valence-electron chi connectivity index (χ3n) is 3.36. The third-order valence-corrected chi connectivity index (χ3v) is 4.92. The largest absolute Gasteiger partial charge is 0.322 e. The number of allylic oxidation sites excluding steroid dienone is 1. The van der Waals surface area contributed by atoms with Gasteiger partial charge < -0.3 is 4.90 Å². The third kappa shape index (κ3) is 2.21. The summed E-state index contributed by atoms with van der Waals surface area (Å²) in [6, 6.07) is 7.55. The zero-order valence-corrected chi connectivity index (χ0v) is 12.8. The zero-order chi connectivity index (χ0) is 14.3. The molecule has 6 heteroatoms. The molecular weight excluding hydrogens is 294 g/mol. The van der Waals surface area contributed by atoms with E-state index in [0.717, 1.165) is 29.5 Å². The number of amidine groups is 1. The minimum absolute atomic E-state index is 0.199. The smallest absolute Gasteiger partial charge is 0.281 e. The molecule has 2 heterocycles. The molecule has 1 aromatic rings. The van der Waals surface area contributed by atoms with Crippen molar-refractivity contribution in [2.24, 2.45) is 4.99 Å². The van der Waals surface area contributed by atoms with Crippen LogP contribution in [0, 0.1) is 6.92 Å². The van der Waals surface area contributed by atoms with Crippen molar-refractivity contribution in [2.45, 2.75) is 13.8 Å². The van der Waals surface area contributed by atoms with Crippen molar-refractivity contribution >= 4 is 40.3 Å². The Hall–Kier alpha value is -1.46. The van der Waals surface area contributed by atoms with E-state index in [1.165, 1.54) is 16.2 Å². The Kier molecular flexibility index (Phi) is 3.48. The second-order valence-electron chi connectivity index (χ2n) is 4.75. The number of aliphatic imine (C=N–C) groups is 1. The number of amides is 1. The summed E-state index contributed by atoms with van der Waals surface area (Å²) in [6.45, 7) is 5.58. The van der Waals surface area contributed by atoms with E-state index >= 15 is 0 Å². The number of hydrogen-bond acceptors (Lipinski definition) is 4. The lowest BCUT2D eigenvalue weighted by Gasteiger charge is -2.15. The second-order valence-corrected chi connectivity index (χ2v) is 6.07. The molecule has 1 amide bonds. The van der Waals surface area contributed by atoms with Crippen LogP contribution < -0.4 is 4.42 Å². The minimum Gasteiger partial charge on any atom is -0.322 e. The molecule has 0 saturated heterocycles. The molecule has 0 bridgehead atoms. The fourth-order valence-corrected chi connectivity index (χ4v) is 3.55. The number of aryl methyl sites for hydroxylation is 1. The van der Waals surface area contributed by atoms with Gasteiger partial charge in [0.1, 0.15) is 4.91 Å². The fourth-order valence-electron chi connectivity index (χ4n) is 2.19. The van der Waals surface area contributed by atoms with Crippen LogP contribution in [0.5, 0.6) is 0 Å². The highest BCUT2D eigenvalue weighted by atomic mass is 35.5. The van der Waals surface area contributed by atoms with Crippen molar-refractivity contribution in [1.82, 2.24) is 4.90 Å². The van der Waals surface area contributed by atoms with Crippen LogP contribution >= 0.6 is 23.5 Å². The summed E-state index contributed by atoms with van der Waals surface area (Å²) in [5.74, 6) is -0.199. The Morgan fingerprint density at radius 1 is 1.35 bits per heavy atom. The van der Waals surface area contributed by atoms with Crippen LogP contribution in [0.4, 0.5) is 5.69 Å². The number of thioether (sulfide) groups is 1. The summed E-state index contributed by atoms with van der Waals surface area (Å²) >= 11 is 7.59. The molecule has 0 aliphatic carbocycles. The van der Waals surface area contributed by atoms with E-state index in [0.29, 0.717) is 10.6 Å². The van der Waals surface area contributed by atoms with Crippen LogP contribution in [-0.4, -0.2) is 29.1 Å². The van der Waals surface area contributed by atoms with Gasteiger partial charge in [0.25, 0.3) is 5.91 Å². The molecule has 2 aliphatic heterocycles. The van der Waals surface area contributed by atoms with Crippen LogP contribution in [0.15, 0.2) is 39.9 Å².